The zero-order valence-corrected chi connectivity index (χ0v) is 20.1. The van der Waals surface area contributed by atoms with Crippen LogP contribution in [0.3, 0.4) is 0 Å². The Morgan fingerprint density at radius 3 is 1.90 bits per heavy atom. The van der Waals surface area contributed by atoms with Crippen LogP contribution in [0.1, 0.15) is 108 Å². The molecule has 0 radical (unpaired) electrons. The van der Waals surface area contributed by atoms with Crippen LogP contribution in [-0.2, 0) is 0 Å². The molecule has 0 saturated heterocycles. The summed E-state index contributed by atoms with van der Waals surface area (Å²) in [5.74, 6) is 4.80. The van der Waals surface area contributed by atoms with Crippen molar-refractivity contribution in [3.05, 3.63) is 42.0 Å². The summed E-state index contributed by atoms with van der Waals surface area (Å²) in [6, 6.07) is 13.5. The van der Waals surface area contributed by atoms with Crippen molar-refractivity contribution >= 4 is 10.8 Å². The van der Waals surface area contributed by atoms with E-state index >= 15 is 0 Å². The molecule has 0 N–H and O–H groups in total. The Balaban J connectivity index is 1.19. The van der Waals surface area contributed by atoms with Gasteiger partial charge in [-0.2, -0.15) is 0 Å². The van der Waals surface area contributed by atoms with Crippen LogP contribution < -0.4 is 4.74 Å². The van der Waals surface area contributed by atoms with Crippen molar-refractivity contribution in [1.29, 1.82) is 0 Å². The lowest BCUT2D eigenvalue weighted by molar-refractivity contribution is 0.222. The second-order valence-corrected chi connectivity index (χ2v) is 10.7. The van der Waals surface area contributed by atoms with Crippen LogP contribution in [-0.4, -0.2) is 7.11 Å². The van der Waals surface area contributed by atoms with Gasteiger partial charge < -0.3 is 4.74 Å². The third-order valence-electron chi connectivity index (χ3n) is 8.56. The zero-order valence-electron chi connectivity index (χ0n) is 20.1. The molecule has 0 atom stereocenters. The third-order valence-corrected chi connectivity index (χ3v) is 8.56. The van der Waals surface area contributed by atoms with Gasteiger partial charge in [0, 0.05) is 0 Å². The number of hydrogen-bond acceptors (Lipinski definition) is 1. The summed E-state index contributed by atoms with van der Waals surface area (Å²) in [5, 5.41) is 2.64. The first-order valence-corrected chi connectivity index (χ1v) is 13.3. The van der Waals surface area contributed by atoms with Crippen LogP contribution in [0.2, 0.25) is 0 Å². The van der Waals surface area contributed by atoms with E-state index in [1.54, 1.807) is 12.7 Å². The van der Waals surface area contributed by atoms with Gasteiger partial charge in [-0.05, 0) is 77.8 Å². The second kappa shape index (κ2) is 11.4. The number of fused-ring (bicyclic) bond motifs is 1. The number of methoxy groups -OCH3 is 1. The number of hydrogen-bond donors (Lipinski definition) is 0. The van der Waals surface area contributed by atoms with Gasteiger partial charge in [-0.1, -0.05) is 95.4 Å². The SMILES string of the molecule is CCCCCC1CCC(CCC2CCC(c3ccc4cc(OC)ccc4c3)CC2)CC1. The Morgan fingerprint density at radius 1 is 0.677 bits per heavy atom. The van der Waals surface area contributed by atoms with E-state index in [1.807, 2.05) is 0 Å². The van der Waals surface area contributed by atoms with Crippen molar-refractivity contribution in [2.24, 2.45) is 17.8 Å². The largest absolute Gasteiger partial charge is 0.497 e. The van der Waals surface area contributed by atoms with E-state index in [0.717, 1.165) is 29.4 Å². The standard InChI is InChI=1S/C30H44O/c1-3-4-5-6-23-7-9-24(10-8-23)11-12-25-13-15-26(16-14-25)27-17-18-29-22-30(31-2)20-19-28(29)21-27/h17-26H,3-16H2,1-2H3. The molecular formula is C30H44O. The van der Waals surface area contributed by atoms with Gasteiger partial charge in [-0.25, -0.2) is 0 Å². The fourth-order valence-electron chi connectivity index (χ4n) is 6.37. The Morgan fingerprint density at radius 2 is 1.26 bits per heavy atom. The van der Waals surface area contributed by atoms with Crippen LogP contribution >= 0.6 is 0 Å². The summed E-state index contributed by atoms with van der Waals surface area (Å²) >= 11 is 0. The predicted molar refractivity (Wildman–Crippen MR) is 134 cm³/mol. The first-order chi connectivity index (χ1) is 15.2. The van der Waals surface area contributed by atoms with Gasteiger partial charge in [0.1, 0.15) is 5.75 Å². The van der Waals surface area contributed by atoms with Crippen LogP contribution in [0.4, 0.5) is 0 Å². The normalized spacial score (nSPS) is 26.8. The second-order valence-electron chi connectivity index (χ2n) is 10.7. The van der Waals surface area contributed by atoms with E-state index in [1.165, 1.54) is 101 Å². The summed E-state index contributed by atoms with van der Waals surface area (Å²) in [7, 11) is 1.74. The molecule has 2 aromatic rings. The molecule has 4 rings (SSSR count). The molecule has 2 fully saturated rings. The predicted octanol–water partition coefficient (Wildman–Crippen LogP) is 9.29. The van der Waals surface area contributed by atoms with E-state index in [4.69, 9.17) is 4.74 Å². The van der Waals surface area contributed by atoms with Gasteiger partial charge in [-0.15, -0.1) is 0 Å². The molecule has 0 heterocycles. The molecule has 1 heteroatoms. The minimum atomic E-state index is 0.765. The smallest absolute Gasteiger partial charge is 0.119 e. The van der Waals surface area contributed by atoms with Crippen LogP contribution in [0, 0.1) is 17.8 Å². The lowest BCUT2D eigenvalue weighted by Gasteiger charge is -2.32. The maximum absolute atomic E-state index is 5.37. The van der Waals surface area contributed by atoms with Crippen LogP contribution in [0.5, 0.6) is 5.75 Å². The molecule has 0 aliphatic heterocycles. The summed E-state index contributed by atoms with van der Waals surface area (Å²) in [4.78, 5) is 0. The summed E-state index contributed by atoms with van der Waals surface area (Å²) in [6.07, 6.45) is 20.5. The number of ether oxygens (including phenoxy) is 1. The molecule has 2 aliphatic rings. The summed E-state index contributed by atoms with van der Waals surface area (Å²) < 4.78 is 5.37. The molecule has 0 aromatic heterocycles. The third kappa shape index (κ3) is 6.27. The quantitative estimate of drug-likeness (QED) is 0.367. The highest BCUT2D eigenvalue weighted by Gasteiger charge is 2.25. The van der Waals surface area contributed by atoms with Crippen molar-refractivity contribution in [2.45, 2.75) is 103 Å². The minimum absolute atomic E-state index is 0.765. The van der Waals surface area contributed by atoms with Crippen LogP contribution in [0.25, 0.3) is 10.8 Å². The van der Waals surface area contributed by atoms with Gasteiger partial charge in [0.15, 0.2) is 0 Å². The maximum Gasteiger partial charge on any atom is 0.119 e. The fourth-order valence-corrected chi connectivity index (χ4v) is 6.37. The molecule has 0 unspecified atom stereocenters. The lowest BCUT2D eigenvalue weighted by Crippen LogP contribution is -2.17. The maximum atomic E-state index is 5.37. The Hall–Kier alpha value is -1.50. The van der Waals surface area contributed by atoms with Crippen molar-refractivity contribution < 1.29 is 4.74 Å². The van der Waals surface area contributed by atoms with E-state index < -0.39 is 0 Å². The minimum Gasteiger partial charge on any atom is -0.497 e. The first kappa shape index (κ1) is 22.7. The molecule has 2 saturated carbocycles. The van der Waals surface area contributed by atoms with E-state index in [-0.39, 0.29) is 0 Å². The molecule has 170 valence electrons. The monoisotopic (exact) mass is 420 g/mol. The van der Waals surface area contributed by atoms with Crippen LogP contribution in [0.15, 0.2) is 36.4 Å². The highest BCUT2D eigenvalue weighted by atomic mass is 16.5. The van der Waals surface area contributed by atoms with E-state index in [0.29, 0.717) is 0 Å². The zero-order chi connectivity index (χ0) is 21.5. The fraction of sp³-hybridized carbons (Fsp3) is 0.667. The van der Waals surface area contributed by atoms with Gasteiger partial charge in [0.05, 0.1) is 7.11 Å². The molecule has 31 heavy (non-hydrogen) atoms. The van der Waals surface area contributed by atoms with Gasteiger partial charge in [0.2, 0.25) is 0 Å². The average molecular weight is 421 g/mol. The van der Waals surface area contributed by atoms with Gasteiger partial charge >= 0.3 is 0 Å². The molecule has 2 aliphatic carbocycles. The molecular weight excluding hydrogens is 376 g/mol. The van der Waals surface area contributed by atoms with Crippen molar-refractivity contribution in [3.63, 3.8) is 0 Å². The Bertz CT molecular complexity index is 793. The number of unbranched alkanes of at least 4 members (excludes halogenated alkanes) is 2. The lowest BCUT2D eigenvalue weighted by atomic mass is 9.74. The van der Waals surface area contributed by atoms with Crippen molar-refractivity contribution in [2.75, 3.05) is 7.11 Å². The van der Waals surface area contributed by atoms with Crippen molar-refractivity contribution in [3.8, 4) is 5.75 Å². The Labute approximate surface area is 191 Å². The topological polar surface area (TPSA) is 9.23 Å². The molecule has 0 amide bonds. The number of rotatable bonds is 9. The molecule has 0 bridgehead atoms. The van der Waals surface area contributed by atoms with Gasteiger partial charge in [-0.3, -0.25) is 0 Å². The molecule has 1 nitrogen and oxygen atoms in total. The summed E-state index contributed by atoms with van der Waals surface area (Å²) in [5.41, 5.74) is 1.55. The molecule has 0 spiro atoms. The molecule has 2 aromatic carbocycles. The first-order valence-electron chi connectivity index (χ1n) is 13.3. The van der Waals surface area contributed by atoms with Crippen molar-refractivity contribution in [1.82, 2.24) is 0 Å². The van der Waals surface area contributed by atoms with E-state index in [9.17, 15) is 0 Å². The highest BCUT2D eigenvalue weighted by Crippen LogP contribution is 2.41. The summed E-state index contributed by atoms with van der Waals surface area (Å²) in [6.45, 7) is 2.32. The van der Waals surface area contributed by atoms with E-state index in [2.05, 4.69) is 43.3 Å². The number of benzene rings is 2. The highest BCUT2D eigenvalue weighted by molar-refractivity contribution is 5.84. The average Bonchev–Trinajstić information content (AvgIpc) is 2.83. The Kier molecular flexibility index (Phi) is 8.34. The van der Waals surface area contributed by atoms with Gasteiger partial charge in [0.25, 0.3) is 0 Å².